The maximum Gasteiger partial charge on any atom is 0.254 e. The number of hydrogen-bond acceptors (Lipinski definition) is 4. The smallest absolute Gasteiger partial charge is 0.254 e. The van der Waals surface area contributed by atoms with Gasteiger partial charge in [-0.2, -0.15) is 0 Å². The van der Waals surface area contributed by atoms with Crippen LogP contribution in [0.1, 0.15) is 41.2 Å². The van der Waals surface area contributed by atoms with E-state index in [2.05, 4.69) is 0 Å². The van der Waals surface area contributed by atoms with Crippen LogP contribution in [0, 0.1) is 0 Å². The fourth-order valence-corrected chi connectivity index (χ4v) is 5.17. The van der Waals surface area contributed by atoms with Crippen molar-refractivity contribution in [3.05, 3.63) is 41.6 Å². The lowest BCUT2D eigenvalue weighted by Gasteiger charge is -2.24. The molecule has 2 aromatic rings. The zero-order chi connectivity index (χ0) is 16.9. The third kappa shape index (κ3) is 2.79. The predicted molar refractivity (Wildman–Crippen MR) is 92.9 cm³/mol. The Balaban J connectivity index is 1.73. The maximum atomic E-state index is 13.1. The van der Waals surface area contributed by atoms with Crippen LogP contribution in [0.4, 0.5) is 0 Å². The Hall–Kier alpha value is -1.95. The largest absolute Gasteiger partial charge is 0.338 e. The average Bonchev–Trinajstić information content (AvgIpc) is 3.36. The van der Waals surface area contributed by atoms with E-state index in [0.717, 1.165) is 29.4 Å². The minimum atomic E-state index is -3.02. The van der Waals surface area contributed by atoms with Crippen LogP contribution < -0.4 is 0 Å². The lowest BCUT2D eigenvalue weighted by atomic mass is 10.0. The SMILES string of the molecule is CN(C(=O)c1cc(C2CC2)nc2ccccc12)[C@@H]1CCS(=O)(=O)C1. The molecule has 1 aromatic heterocycles. The molecule has 2 fully saturated rings. The molecule has 2 aliphatic rings. The monoisotopic (exact) mass is 344 g/mol. The molecule has 1 aromatic carbocycles. The second kappa shape index (κ2) is 5.55. The molecule has 0 unspecified atom stereocenters. The van der Waals surface area contributed by atoms with Crippen molar-refractivity contribution in [1.82, 2.24) is 9.88 Å². The number of benzene rings is 1. The van der Waals surface area contributed by atoms with Crippen molar-refractivity contribution in [2.75, 3.05) is 18.6 Å². The second-order valence-electron chi connectivity index (χ2n) is 6.86. The first-order valence-corrected chi connectivity index (χ1v) is 10.1. The third-order valence-corrected chi connectivity index (χ3v) is 6.79. The topological polar surface area (TPSA) is 67.3 Å². The molecule has 1 aliphatic carbocycles. The van der Waals surface area contributed by atoms with Gasteiger partial charge in [0.2, 0.25) is 0 Å². The normalized spacial score (nSPS) is 22.6. The number of carbonyl (C=O) groups excluding carboxylic acids is 1. The number of nitrogens with zero attached hydrogens (tertiary/aromatic N) is 2. The molecular formula is C18H20N2O3S. The Labute approximate surface area is 141 Å². The summed E-state index contributed by atoms with van der Waals surface area (Å²) in [4.78, 5) is 19.3. The first-order valence-electron chi connectivity index (χ1n) is 8.32. The van der Waals surface area contributed by atoms with Gasteiger partial charge in [-0.05, 0) is 31.4 Å². The number of aromatic nitrogens is 1. The summed E-state index contributed by atoms with van der Waals surface area (Å²) in [7, 11) is -1.31. The van der Waals surface area contributed by atoms with Gasteiger partial charge in [0.25, 0.3) is 5.91 Å². The predicted octanol–water partition coefficient (Wildman–Crippen LogP) is 2.37. The van der Waals surface area contributed by atoms with E-state index < -0.39 is 9.84 Å². The number of para-hydroxylation sites is 1. The Morgan fingerprint density at radius 2 is 1.96 bits per heavy atom. The van der Waals surface area contributed by atoms with Crippen molar-refractivity contribution in [2.24, 2.45) is 0 Å². The standard InChI is InChI=1S/C18H20N2O3S/c1-20(13-8-9-24(22,23)11-13)18(21)15-10-17(12-6-7-12)19-16-5-3-2-4-14(15)16/h2-5,10,12-13H,6-9,11H2,1H3/t13-/m1/s1. The van der Waals surface area contributed by atoms with Crippen molar-refractivity contribution in [3.63, 3.8) is 0 Å². The van der Waals surface area contributed by atoms with Gasteiger partial charge >= 0.3 is 0 Å². The van der Waals surface area contributed by atoms with E-state index in [1.807, 2.05) is 30.3 Å². The molecule has 1 saturated heterocycles. The zero-order valence-corrected chi connectivity index (χ0v) is 14.4. The number of sulfone groups is 1. The molecular weight excluding hydrogens is 324 g/mol. The molecule has 1 aliphatic heterocycles. The van der Waals surface area contributed by atoms with Crippen LogP contribution in [0.15, 0.2) is 30.3 Å². The number of carbonyl (C=O) groups is 1. The molecule has 5 nitrogen and oxygen atoms in total. The average molecular weight is 344 g/mol. The molecule has 1 atom stereocenters. The van der Waals surface area contributed by atoms with Crippen LogP contribution in [0.3, 0.4) is 0 Å². The molecule has 0 N–H and O–H groups in total. The quantitative estimate of drug-likeness (QED) is 0.857. The number of hydrogen-bond donors (Lipinski definition) is 0. The van der Waals surface area contributed by atoms with Gasteiger partial charge in [0.15, 0.2) is 9.84 Å². The van der Waals surface area contributed by atoms with Gasteiger partial charge in [-0.3, -0.25) is 9.78 Å². The minimum absolute atomic E-state index is 0.0632. The second-order valence-corrected chi connectivity index (χ2v) is 9.09. The van der Waals surface area contributed by atoms with E-state index in [0.29, 0.717) is 17.9 Å². The lowest BCUT2D eigenvalue weighted by Crippen LogP contribution is -2.38. The molecule has 0 radical (unpaired) electrons. The van der Waals surface area contributed by atoms with Crippen LogP contribution in [-0.2, 0) is 9.84 Å². The molecule has 126 valence electrons. The van der Waals surface area contributed by atoms with E-state index in [4.69, 9.17) is 4.98 Å². The summed E-state index contributed by atoms with van der Waals surface area (Å²) < 4.78 is 23.4. The van der Waals surface area contributed by atoms with E-state index in [-0.39, 0.29) is 23.5 Å². The van der Waals surface area contributed by atoms with Crippen molar-refractivity contribution in [2.45, 2.75) is 31.2 Å². The van der Waals surface area contributed by atoms with Crippen LogP contribution in [-0.4, -0.2) is 48.8 Å². The summed E-state index contributed by atoms with van der Waals surface area (Å²) in [6.07, 6.45) is 2.76. The van der Waals surface area contributed by atoms with Gasteiger partial charge in [-0.25, -0.2) is 8.42 Å². The summed E-state index contributed by atoms with van der Waals surface area (Å²) in [5.41, 5.74) is 2.44. The van der Waals surface area contributed by atoms with Crippen molar-refractivity contribution >= 4 is 26.6 Å². The number of amides is 1. The van der Waals surface area contributed by atoms with Gasteiger partial charge in [0.05, 0.1) is 22.6 Å². The zero-order valence-electron chi connectivity index (χ0n) is 13.6. The number of fused-ring (bicyclic) bond motifs is 1. The summed E-state index contributed by atoms with van der Waals surface area (Å²) >= 11 is 0. The highest BCUT2D eigenvalue weighted by molar-refractivity contribution is 7.91. The summed E-state index contributed by atoms with van der Waals surface area (Å²) in [5.74, 6) is 0.573. The maximum absolute atomic E-state index is 13.1. The van der Waals surface area contributed by atoms with Crippen LogP contribution in [0.25, 0.3) is 10.9 Å². The molecule has 6 heteroatoms. The van der Waals surface area contributed by atoms with Gasteiger partial charge in [0.1, 0.15) is 0 Å². The molecule has 2 heterocycles. The Bertz CT molecular complexity index is 919. The van der Waals surface area contributed by atoms with E-state index in [1.54, 1.807) is 11.9 Å². The molecule has 24 heavy (non-hydrogen) atoms. The summed E-state index contributed by atoms with van der Waals surface area (Å²) in [6.45, 7) is 0. The van der Waals surface area contributed by atoms with Crippen LogP contribution in [0.2, 0.25) is 0 Å². The highest BCUT2D eigenvalue weighted by Crippen LogP contribution is 2.40. The molecule has 0 spiro atoms. The summed E-state index contributed by atoms with van der Waals surface area (Å²) in [5, 5.41) is 0.833. The lowest BCUT2D eigenvalue weighted by molar-refractivity contribution is 0.0749. The van der Waals surface area contributed by atoms with Crippen LogP contribution in [0.5, 0.6) is 0 Å². The minimum Gasteiger partial charge on any atom is -0.338 e. The number of pyridine rings is 1. The van der Waals surface area contributed by atoms with E-state index >= 15 is 0 Å². The Morgan fingerprint density at radius 1 is 1.21 bits per heavy atom. The molecule has 0 bridgehead atoms. The highest BCUT2D eigenvalue weighted by Gasteiger charge is 2.34. The fourth-order valence-electron chi connectivity index (χ4n) is 3.40. The van der Waals surface area contributed by atoms with Gasteiger partial charge in [-0.15, -0.1) is 0 Å². The van der Waals surface area contributed by atoms with Gasteiger partial charge < -0.3 is 4.90 Å². The van der Waals surface area contributed by atoms with Crippen molar-refractivity contribution in [3.8, 4) is 0 Å². The Kier molecular flexibility index (Phi) is 3.60. The third-order valence-electron chi connectivity index (χ3n) is 5.04. The molecule has 1 saturated carbocycles. The highest BCUT2D eigenvalue weighted by atomic mass is 32.2. The van der Waals surface area contributed by atoms with Gasteiger partial charge in [0, 0.05) is 30.1 Å². The van der Waals surface area contributed by atoms with Crippen LogP contribution >= 0.6 is 0 Å². The van der Waals surface area contributed by atoms with E-state index in [1.165, 1.54) is 0 Å². The Morgan fingerprint density at radius 3 is 2.62 bits per heavy atom. The van der Waals surface area contributed by atoms with Gasteiger partial charge in [-0.1, -0.05) is 18.2 Å². The molecule has 4 rings (SSSR count). The first kappa shape index (κ1) is 15.6. The fraction of sp³-hybridized carbons (Fsp3) is 0.444. The van der Waals surface area contributed by atoms with Crippen molar-refractivity contribution in [1.29, 1.82) is 0 Å². The first-order chi connectivity index (χ1) is 11.4. The van der Waals surface area contributed by atoms with Crippen molar-refractivity contribution < 1.29 is 13.2 Å². The summed E-state index contributed by atoms with van der Waals surface area (Å²) in [6, 6.07) is 9.33. The van der Waals surface area contributed by atoms with E-state index in [9.17, 15) is 13.2 Å². The number of rotatable bonds is 3. The molecule has 1 amide bonds.